The van der Waals surface area contributed by atoms with Gasteiger partial charge in [-0.25, -0.2) is 18.2 Å². The molecule has 3 aliphatic heterocycles. The van der Waals surface area contributed by atoms with Crippen LogP contribution in [-0.4, -0.2) is 141 Å². The highest BCUT2D eigenvalue weighted by Crippen LogP contribution is 2.44. The number of pyridine rings is 10. The maximum atomic E-state index is 14.3. The number of fused-ring (bicyclic) bond motifs is 5. The van der Waals surface area contributed by atoms with Crippen molar-refractivity contribution < 1.29 is 85.8 Å². The molecule has 30 nitrogen and oxygen atoms in total. The molecule has 678 valence electrons. The van der Waals surface area contributed by atoms with E-state index in [0.717, 1.165) is 145 Å². The highest BCUT2D eigenvalue weighted by molar-refractivity contribution is 9.10. The lowest BCUT2D eigenvalue weighted by molar-refractivity contribution is -0.385. The van der Waals surface area contributed by atoms with Gasteiger partial charge in [0.05, 0.1) is 197 Å². The van der Waals surface area contributed by atoms with Crippen molar-refractivity contribution in [1.29, 1.82) is 0 Å². The Morgan fingerprint density at radius 3 is 1.20 bits per heavy atom. The molecule has 0 aliphatic carbocycles. The number of aromatic nitrogens is 10. The number of thiophene rings is 5. The number of phenols is 1. The number of non-ortho nitro benzene ring substituents is 2. The van der Waals surface area contributed by atoms with Gasteiger partial charge in [-0.05, 0) is 137 Å². The maximum absolute atomic E-state index is 14.3. The number of aliphatic hydroxyl groups is 2. The van der Waals surface area contributed by atoms with Crippen molar-refractivity contribution in [2.24, 2.45) is 0 Å². The Kier molecular flexibility index (Phi) is 33.7. The van der Waals surface area contributed by atoms with Gasteiger partial charge in [-0.2, -0.15) is 0 Å². The molecule has 0 bridgehead atoms. The van der Waals surface area contributed by atoms with Gasteiger partial charge in [-0.15, -0.1) is 56.7 Å². The number of nitro benzene ring substituents is 2. The van der Waals surface area contributed by atoms with Crippen LogP contribution in [0.5, 0.6) is 34.5 Å². The van der Waals surface area contributed by atoms with Crippen LogP contribution in [0.4, 0.5) is 30.2 Å². The van der Waals surface area contributed by atoms with E-state index in [1.807, 2.05) is 90.3 Å². The third-order valence-electron chi connectivity index (χ3n) is 18.4. The number of aromatic hydroxyl groups is 1. The van der Waals surface area contributed by atoms with Gasteiger partial charge in [0.25, 0.3) is 11.4 Å². The van der Waals surface area contributed by atoms with Gasteiger partial charge >= 0.3 is 0 Å². The summed E-state index contributed by atoms with van der Waals surface area (Å²) >= 11 is 29.0. The average Bonchev–Trinajstić information content (AvgIpc) is 1.53. The van der Waals surface area contributed by atoms with Crippen molar-refractivity contribution in [2.45, 2.75) is 18.9 Å². The van der Waals surface area contributed by atoms with Crippen LogP contribution >= 0.6 is 107 Å². The maximum Gasteiger partial charge on any atom is 0.272 e. The van der Waals surface area contributed by atoms with E-state index in [9.17, 15) is 38.2 Å². The van der Waals surface area contributed by atoms with E-state index in [0.29, 0.717) is 83.7 Å². The zero-order valence-corrected chi connectivity index (χ0v) is 76.7. The molecule has 3 aliphatic rings. The topological polar surface area (TPSA) is 402 Å². The summed E-state index contributed by atoms with van der Waals surface area (Å²) in [6, 6.07) is 47.5. The molecule has 0 unspecified atom stereocenters. The van der Waals surface area contributed by atoms with E-state index >= 15 is 0 Å². The van der Waals surface area contributed by atoms with Gasteiger partial charge in [0, 0.05) is 114 Å². The largest absolute Gasteiger partial charge is 0.505 e. The first-order valence-corrected chi connectivity index (χ1v) is 45.3. The fourth-order valence-electron chi connectivity index (χ4n) is 12.1. The normalized spacial score (nSPS) is 12.9. The molecule has 21 rings (SSSR count). The molecule has 0 amide bonds. The number of ether oxygens (including phenoxy) is 9. The SMILES string of the molecule is COc1ccc(Br)nc1.Clc1ccnc2cc(-c3ccc(C4OCCO4)cn3)sc12.Clc1ccnc2ccsc12.Nc1ccc(Oc2ccnc3cc(-c4ccc(C5OCCO5)cn4)sc23)c(F)c1.O=Cc1ccc(-c2cc3nccc(Cl)c3s2)nc1.O=[N+]([O-])c1ccc(O)c(F)c1.O=[N+]([O-])c1ccc(Oc2ccnc3cc(-c4ccc(C5OCCO5)cn4)sc23)c(F)c1.OCCO. The molecule has 0 radical (unpaired) electrons. The first-order valence-electron chi connectivity index (χ1n) is 39.3. The molecule has 18 heterocycles. The first-order chi connectivity index (χ1) is 64.6. The molecule has 15 aromatic heterocycles. The second kappa shape index (κ2) is 46.6. The summed E-state index contributed by atoms with van der Waals surface area (Å²) in [6.45, 7) is 3.32. The van der Waals surface area contributed by atoms with Crippen molar-refractivity contribution in [3.05, 3.63) is 323 Å². The molecule has 5 N–H and O–H groups in total. The number of aliphatic hydroxyl groups excluding tert-OH is 2. The zero-order valence-electron chi connectivity index (χ0n) is 68.7. The van der Waals surface area contributed by atoms with E-state index in [1.165, 1.54) is 46.9 Å². The number of benzene rings is 3. The van der Waals surface area contributed by atoms with Crippen LogP contribution in [0.2, 0.25) is 15.1 Å². The number of nitro groups is 2. The molecule has 0 spiro atoms. The second-order valence-electron chi connectivity index (χ2n) is 27.3. The third kappa shape index (κ3) is 25.4. The van der Waals surface area contributed by atoms with Crippen LogP contribution in [-0.2, 0) is 28.4 Å². The Morgan fingerprint density at radius 2 is 0.835 bits per heavy atom. The molecular weight excluding hydrogens is 1950 g/mol. The number of hydrogen-bond donors (Lipinski definition) is 4. The number of hydrogen-bond acceptors (Lipinski definition) is 33. The lowest BCUT2D eigenvalue weighted by Gasteiger charge is -2.08. The Bertz CT molecular complexity index is 7040. The number of nitrogens with zero attached hydrogens (tertiary/aromatic N) is 12. The van der Waals surface area contributed by atoms with Crippen LogP contribution in [0, 0.1) is 37.7 Å². The summed E-state index contributed by atoms with van der Waals surface area (Å²) in [6.07, 6.45) is 16.5. The monoisotopic (exact) mass is 2020 g/mol. The summed E-state index contributed by atoms with van der Waals surface area (Å²) in [5, 5.41) is 48.9. The standard InChI is InChI=1S/C21H14FN3O5S.C21H16FN3O3S.C15H11ClN2O2S.C13H7ClN2OS.C7H4ClNS.C6H6BrNO.C6H4FNO3.C2H6O2/c22-14-9-13(25(26)27)2-4-17(14)30-18-5-6-23-16-10-19(31-20(16)18)15-3-1-12(11-24-15)21-28-7-8-29-21;22-14-9-13(23)2-4-17(14)28-18-5-6-24-16-10-19(29-20(16)18)15-3-1-12(11-25-15)21-26-7-8-27-21;16-10-3-4-17-12-7-13(21-14(10)12)11-2-1-9(8-18-11)15-19-5-6-20-15;14-9-3-4-15-11-5-12(18-13(9)11)10-2-1-8(7-17)6-16-10;8-5-1-3-9-6-2-4-10-7(5)6;1-9-5-2-3-6(7)8-4-5;7-5-3-4(8(10)11)1-2-6(5)9;3-1-2-4/h1-6,9-11,21H,7-8H2;1-6,9-11,21H,7-8,23H2;1-4,7-8,15H,5-6H2;1-7H;1-4H;2-4H,1H3;1-3,9H;3-4H,1-2H2. The van der Waals surface area contributed by atoms with E-state index in [2.05, 4.69) is 65.8 Å². The van der Waals surface area contributed by atoms with E-state index in [-0.39, 0.29) is 55.0 Å². The van der Waals surface area contributed by atoms with Gasteiger partial charge in [-0.1, -0.05) is 53.0 Å². The number of carbonyl (C=O) groups excluding carboxylic acids is 1. The number of anilines is 1. The van der Waals surface area contributed by atoms with Crippen molar-refractivity contribution in [3.63, 3.8) is 0 Å². The zero-order chi connectivity index (χ0) is 93.4. The lowest BCUT2D eigenvalue weighted by atomic mass is 10.2. The molecule has 3 fully saturated rings. The van der Waals surface area contributed by atoms with Crippen LogP contribution in [0.25, 0.3) is 93.4 Å². The van der Waals surface area contributed by atoms with E-state index in [4.69, 9.17) is 98.5 Å². The lowest BCUT2D eigenvalue weighted by Crippen LogP contribution is -1.98. The Balaban J connectivity index is 0.000000129. The fraction of sp³-hybridized carbons (Fsp3) is 0.132. The van der Waals surface area contributed by atoms with Gasteiger partial charge < -0.3 is 63.7 Å². The van der Waals surface area contributed by atoms with Gasteiger partial charge in [-0.3, -0.25) is 69.9 Å². The van der Waals surface area contributed by atoms with Gasteiger partial charge in [0.15, 0.2) is 59.9 Å². The fourth-order valence-corrected chi connectivity index (χ4v) is 18.0. The number of rotatable bonds is 16. The Labute approximate surface area is 795 Å². The minimum absolute atomic E-state index is 0.105. The molecular formula is C91H68BrCl3F3N13O17S5. The smallest absolute Gasteiger partial charge is 0.272 e. The molecule has 0 atom stereocenters. The minimum atomic E-state index is -0.987. The van der Waals surface area contributed by atoms with Gasteiger partial charge in [0.2, 0.25) is 0 Å². The molecule has 18 aromatic rings. The molecule has 0 saturated carbocycles. The average molecular weight is 2020 g/mol. The number of nitrogen functional groups attached to an aromatic ring is 1. The highest BCUT2D eigenvalue weighted by Gasteiger charge is 2.25. The third-order valence-corrected chi connectivity index (χ3v) is 25.8. The van der Waals surface area contributed by atoms with Crippen molar-refractivity contribution in [3.8, 4) is 76.8 Å². The van der Waals surface area contributed by atoms with Crippen molar-refractivity contribution in [1.82, 2.24) is 49.8 Å². The summed E-state index contributed by atoms with van der Waals surface area (Å²) in [5.41, 5.74) is 15.9. The number of carbonyl (C=O) groups is 1. The van der Waals surface area contributed by atoms with Crippen LogP contribution in [0.15, 0.2) is 248 Å². The highest BCUT2D eigenvalue weighted by atomic mass is 79.9. The number of aldehydes is 1. The Morgan fingerprint density at radius 1 is 0.444 bits per heavy atom. The van der Waals surface area contributed by atoms with Crippen LogP contribution in [0.3, 0.4) is 0 Å². The molecule has 133 heavy (non-hydrogen) atoms. The summed E-state index contributed by atoms with van der Waals surface area (Å²) in [5.74, 6) is -1.19. The summed E-state index contributed by atoms with van der Waals surface area (Å²) in [7, 11) is 1.62. The van der Waals surface area contributed by atoms with Gasteiger partial charge in [0.1, 0.15) is 21.9 Å². The van der Waals surface area contributed by atoms with Crippen molar-refractivity contribution in [2.75, 3.05) is 65.7 Å². The first kappa shape index (κ1) is 96.3. The predicted molar refractivity (Wildman–Crippen MR) is 507 cm³/mol. The van der Waals surface area contributed by atoms with Crippen LogP contribution < -0.4 is 19.9 Å². The summed E-state index contributed by atoms with van der Waals surface area (Å²) < 4.78 is 95.4. The van der Waals surface area contributed by atoms with Crippen LogP contribution in [0.1, 0.15) is 45.9 Å². The number of methoxy groups -OCH3 is 1. The number of phenolic OH excluding ortho intramolecular Hbond substituents is 1. The number of halogens is 7. The van der Waals surface area contributed by atoms with Crippen molar-refractivity contribution >= 4 is 182 Å². The summed E-state index contributed by atoms with van der Waals surface area (Å²) in [4.78, 5) is 77.0. The minimum Gasteiger partial charge on any atom is -0.505 e. The number of nitrogens with two attached hydrogens (primary N) is 1. The van der Waals surface area contributed by atoms with E-state index in [1.54, 1.807) is 146 Å². The van der Waals surface area contributed by atoms with E-state index < -0.39 is 33.0 Å². The molecule has 3 saturated heterocycles. The molecule has 3 aromatic carbocycles. The predicted octanol–water partition coefficient (Wildman–Crippen LogP) is 23.3. The second-order valence-corrected chi connectivity index (χ2v) is 34.5. The molecule has 42 heteroatoms. The Hall–Kier alpha value is -12.8. The quantitative estimate of drug-likeness (QED) is 0.0229.